The van der Waals surface area contributed by atoms with Gasteiger partial charge in [-0.1, -0.05) is 17.7 Å². The van der Waals surface area contributed by atoms with Gasteiger partial charge in [-0.2, -0.15) is 4.31 Å². The highest BCUT2D eigenvalue weighted by atomic mass is 35.5. The first-order chi connectivity index (χ1) is 14.3. The minimum Gasteiger partial charge on any atom is -0.456 e. The Balaban J connectivity index is 1.43. The van der Waals surface area contributed by atoms with E-state index in [9.17, 15) is 18.0 Å². The molecule has 1 aromatic heterocycles. The van der Waals surface area contributed by atoms with Crippen LogP contribution in [0.25, 0.3) is 10.9 Å². The van der Waals surface area contributed by atoms with Gasteiger partial charge in [0.25, 0.3) is 0 Å². The number of sulfonamides is 1. The number of nitrogens with one attached hydrogen (secondary N) is 2. The summed E-state index contributed by atoms with van der Waals surface area (Å²) in [4.78, 5) is 26.9. The van der Waals surface area contributed by atoms with E-state index in [-0.39, 0.29) is 42.6 Å². The molecule has 10 heteroatoms. The number of nitrogens with zero attached hydrogens (tertiary/aromatic N) is 1. The number of carbonyl (C=O) groups is 2. The van der Waals surface area contributed by atoms with Gasteiger partial charge < -0.3 is 15.0 Å². The minimum absolute atomic E-state index is 0.0130. The maximum atomic E-state index is 12.7. The molecule has 0 bridgehead atoms. The molecule has 8 nitrogen and oxygen atoms in total. The van der Waals surface area contributed by atoms with E-state index in [4.69, 9.17) is 16.3 Å². The molecular weight excluding hydrogens is 430 g/mol. The molecule has 30 heavy (non-hydrogen) atoms. The molecule has 4 rings (SSSR count). The van der Waals surface area contributed by atoms with Crippen molar-refractivity contribution in [3.05, 3.63) is 64.8 Å². The third kappa shape index (κ3) is 4.04. The molecule has 156 valence electrons. The summed E-state index contributed by atoms with van der Waals surface area (Å²) in [5.41, 5.74) is 1.75. The van der Waals surface area contributed by atoms with Crippen LogP contribution in [0.5, 0.6) is 0 Å². The summed E-state index contributed by atoms with van der Waals surface area (Å²) in [6.45, 7) is 0.265. The van der Waals surface area contributed by atoms with Crippen molar-refractivity contribution in [1.82, 2.24) is 14.6 Å². The summed E-state index contributed by atoms with van der Waals surface area (Å²) in [6.07, 6.45) is 0. The van der Waals surface area contributed by atoms with E-state index >= 15 is 0 Å². The lowest BCUT2D eigenvalue weighted by atomic mass is 10.2. The Morgan fingerprint density at radius 1 is 1.17 bits per heavy atom. The summed E-state index contributed by atoms with van der Waals surface area (Å²) in [5, 5.41) is 4.02. The minimum atomic E-state index is -3.81. The first kappa shape index (κ1) is 20.4. The lowest BCUT2D eigenvalue weighted by molar-refractivity contribution is -0.122. The van der Waals surface area contributed by atoms with Gasteiger partial charge in [-0.05, 0) is 42.5 Å². The van der Waals surface area contributed by atoms with Gasteiger partial charge in [-0.15, -0.1) is 0 Å². The van der Waals surface area contributed by atoms with Crippen molar-refractivity contribution in [2.45, 2.75) is 11.5 Å². The Hall–Kier alpha value is -2.88. The van der Waals surface area contributed by atoms with Crippen LogP contribution >= 0.6 is 11.6 Å². The number of hydrogen-bond acceptors (Lipinski definition) is 5. The van der Waals surface area contributed by atoms with Gasteiger partial charge in [0, 0.05) is 29.0 Å². The van der Waals surface area contributed by atoms with Crippen molar-refractivity contribution in [3.8, 4) is 0 Å². The smallest absolute Gasteiger partial charge is 0.338 e. The Morgan fingerprint density at radius 3 is 2.63 bits per heavy atom. The molecule has 2 N–H and O–H groups in total. The van der Waals surface area contributed by atoms with Gasteiger partial charge >= 0.3 is 5.97 Å². The third-order valence-electron chi connectivity index (χ3n) is 4.76. The number of aromatic amines is 1. The summed E-state index contributed by atoms with van der Waals surface area (Å²) >= 11 is 6.14. The molecule has 0 saturated carbocycles. The first-order valence-electron chi connectivity index (χ1n) is 9.15. The quantitative estimate of drug-likeness (QED) is 0.583. The SMILES string of the molecule is O=C1CN(S(=O)(=O)c2ccc(C(=O)OCc3cc4c(Cl)cccc4[nH]3)cc2)CCN1. The number of esters is 1. The number of carbonyl (C=O) groups excluding carboxylic acids is 2. The average molecular weight is 448 g/mol. The van der Waals surface area contributed by atoms with Gasteiger partial charge in [0.1, 0.15) is 6.61 Å². The van der Waals surface area contributed by atoms with Gasteiger partial charge in [-0.3, -0.25) is 4.79 Å². The van der Waals surface area contributed by atoms with E-state index in [1.165, 1.54) is 24.3 Å². The van der Waals surface area contributed by atoms with Crippen molar-refractivity contribution in [2.75, 3.05) is 19.6 Å². The van der Waals surface area contributed by atoms with E-state index in [2.05, 4.69) is 10.3 Å². The second kappa shape index (κ2) is 8.10. The van der Waals surface area contributed by atoms with Gasteiger partial charge in [0.05, 0.1) is 22.7 Å². The van der Waals surface area contributed by atoms with Crippen LogP contribution in [0.3, 0.4) is 0 Å². The van der Waals surface area contributed by atoms with Crippen molar-refractivity contribution >= 4 is 44.4 Å². The van der Waals surface area contributed by atoms with Crippen LogP contribution in [0.1, 0.15) is 16.1 Å². The Morgan fingerprint density at radius 2 is 1.93 bits per heavy atom. The maximum Gasteiger partial charge on any atom is 0.338 e. The fraction of sp³-hybridized carbons (Fsp3) is 0.200. The highest BCUT2D eigenvalue weighted by Gasteiger charge is 2.29. The monoisotopic (exact) mass is 447 g/mol. The molecule has 2 aromatic carbocycles. The van der Waals surface area contributed by atoms with E-state index < -0.39 is 16.0 Å². The number of rotatable bonds is 5. The number of H-pyrrole nitrogens is 1. The van der Waals surface area contributed by atoms with Crippen LogP contribution in [0.2, 0.25) is 5.02 Å². The van der Waals surface area contributed by atoms with E-state index in [0.717, 1.165) is 15.2 Å². The van der Waals surface area contributed by atoms with Crippen molar-refractivity contribution in [3.63, 3.8) is 0 Å². The van der Waals surface area contributed by atoms with Crippen LogP contribution in [0, 0.1) is 0 Å². The molecule has 3 aromatic rings. The Kier molecular flexibility index (Phi) is 5.50. The number of hydrogen-bond donors (Lipinski definition) is 2. The van der Waals surface area contributed by atoms with E-state index in [0.29, 0.717) is 10.7 Å². The zero-order valence-corrected chi connectivity index (χ0v) is 17.3. The van der Waals surface area contributed by atoms with Crippen LogP contribution in [0.4, 0.5) is 0 Å². The van der Waals surface area contributed by atoms with Crippen LogP contribution in [0.15, 0.2) is 53.4 Å². The second-order valence-corrected chi connectivity index (χ2v) is 9.13. The molecule has 0 atom stereocenters. The highest BCUT2D eigenvalue weighted by Crippen LogP contribution is 2.24. The molecule has 1 saturated heterocycles. The van der Waals surface area contributed by atoms with Crippen LogP contribution in [-0.2, 0) is 26.2 Å². The standard InChI is InChI=1S/C20H18ClN3O5S/c21-17-2-1-3-18-16(17)10-14(23-18)12-29-20(26)13-4-6-15(7-5-13)30(27,28)24-9-8-22-19(25)11-24/h1-7,10,23H,8-9,11-12H2,(H,22,25). The predicted octanol–water partition coefficient (Wildman–Crippen LogP) is 2.30. The molecule has 1 amide bonds. The topological polar surface area (TPSA) is 109 Å². The molecule has 0 unspecified atom stereocenters. The molecule has 2 heterocycles. The maximum absolute atomic E-state index is 12.7. The largest absolute Gasteiger partial charge is 0.456 e. The number of fused-ring (bicyclic) bond motifs is 1. The average Bonchev–Trinajstić information content (AvgIpc) is 3.17. The van der Waals surface area contributed by atoms with Crippen LogP contribution in [-0.4, -0.2) is 49.2 Å². The van der Waals surface area contributed by atoms with Crippen LogP contribution < -0.4 is 5.32 Å². The normalized spacial score (nSPS) is 15.2. The number of piperazine rings is 1. The fourth-order valence-electron chi connectivity index (χ4n) is 3.21. The van der Waals surface area contributed by atoms with E-state index in [1.54, 1.807) is 6.07 Å². The third-order valence-corrected chi connectivity index (χ3v) is 6.95. The Labute approximate surface area is 177 Å². The molecule has 1 aliphatic rings. The lowest BCUT2D eigenvalue weighted by Gasteiger charge is -2.25. The number of amides is 1. The summed E-state index contributed by atoms with van der Waals surface area (Å²) in [6, 6.07) is 12.7. The molecule has 1 fully saturated rings. The lowest BCUT2D eigenvalue weighted by Crippen LogP contribution is -2.49. The van der Waals surface area contributed by atoms with Gasteiger partial charge in [0.2, 0.25) is 15.9 Å². The molecule has 1 aliphatic heterocycles. The van der Waals surface area contributed by atoms with Gasteiger partial charge in [-0.25, -0.2) is 13.2 Å². The first-order valence-corrected chi connectivity index (χ1v) is 11.0. The number of aromatic nitrogens is 1. The second-order valence-electron chi connectivity index (χ2n) is 6.78. The molecule has 0 spiro atoms. The summed E-state index contributed by atoms with van der Waals surface area (Å²) in [5.74, 6) is -0.927. The summed E-state index contributed by atoms with van der Waals surface area (Å²) in [7, 11) is -3.81. The fourth-order valence-corrected chi connectivity index (χ4v) is 4.84. The number of ether oxygens (including phenoxy) is 1. The number of halogens is 1. The highest BCUT2D eigenvalue weighted by molar-refractivity contribution is 7.89. The van der Waals surface area contributed by atoms with E-state index in [1.807, 2.05) is 18.2 Å². The molecule has 0 aliphatic carbocycles. The molecule has 0 radical (unpaired) electrons. The molecular formula is C20H18ClN3O5S. The van der Waals surface area contributed by atoms with Gasteiger partial charge in [0.15, 0.2) is 0 Å². The van der Waals surface area contributed by atoms with Crippen molar-refractivity contribution in [1.29, 1.82) is 0 Å². The summed E-state index contributed by atoms with van der Waals surface area (Å²) < 4.78 is 31.7. The van der Waals surface area contributed by atoms with Crippen molar-refractivity contribution in [2.24, 2.45) is 0 Å². The van der Waals surface area contributed by atoms with Crippen molar-refractivity contribution < 1.29 is 22.7 Å². The Bertz CT molecular complexity index is 1220. The predicted molar refractivity (Wildman–Crippen MR) is 111 cm³/mol. The number of benzene rings is 2. The zero-order valence-electron chi connectivity index (χ0n) is 15.7. The zero-order chi connectivity index (χ0) is 21.3.